The van der Waals surface area contributed by atoms with Crippen molar-refractivity contribution in [2.24, 2.45) is 11.8 Å². The van der Waals surface area contributed by atoms with Crippen molar-refractivity contribution in [1.82, 2.24) is 5.32 Å². The lowest BCUT2D eigenvalue weighted by atomic mass is 9.98. The maximum atomic E-state index is 10.0. The van der Waals surface area contributed by atoms with Gasteiger partial charge in [-0.2, -0.15) is 0 Å². The van der Waals surface area contributed by atoms with E-state index in [2.05, 4.69) is 42.0 Å². The summed E-state index contributed by atoms with van der Waals surface area (Å²) < 4.78 is 1.00. The van der Waals surface area contributed by atoms with Gasteiger partial charge in [-0.05, 0) is 36.1 Å². The molecule has 2 N–H and O–H groups in total. The third-order valence-electron chi connectivity index (χ3n) is 3.18. The standard InChI is InChI=1S/C14H22BrNO/c1-10(2)11(3)8-16-9-14(17)12-5-4-6-13(15)7-12/h4-7,10-11,14,16-17H,8-9H2,1-3H3. The average molecular weight is 300 g/mol. The molecule has 0 saturated heterocycles. The summed E-state index contributed by atoms with van der Waals surface area (Å²) in [6.45, 7) is 8.22. The largest absolute Gasteiger partial charge is 0.387 e. The summed E-state index contributed by atoms with van der Waals surface area (Å²) in [7, 11) is 0. The zero-order valence-corrected chi connectivity index (χ0v) is 12.4. The molecule has 0 heterocycles. The van der Waals surface area contributed by atoms with Crippen LogP contribution >= 0.6 is 15.9 Å². The van der Waals surface area contributed by atoms with Crippen LogP contribution in [0.2, 0.25) is 0 Å². The first-order valence-corrected chi connectivity index (χ1v) is 6.94. The average Bonchev–Trinajstić information content (AvgIpc) is 2.28. The number of benzene rings is 1. The fourth-order valence-electron chi connectivity index (χ4n) is 1.52. The second-order valence-electron chi connectivity index (χ2n) is 4.95. The first-order valence-electron chi connectivity index (χ1n) is 6.15. The van der Waals surface area contributed by atoms with Crippen molar-refractivity contribution in [2.45, 2.75) is 26.9 Å². The summed E-state index contributed by atoms with van der Waals surface area (Å²) in [5, 5.41) is 13.3. The number of halogens is 1. The van der Waals surface area contributed by atoms with Crippen LogP contribution in [0.3, 0.4) is 0 Å². The second kappa shape index (κ2) is 7.14. The second-order valence-corrected chi connectivity index (χ2v) is 5.87. The van der Waals surface area contributed by atoms with Crippen molar-refractivity contribution >= 4 is 15.9 Å². The summed E-state index contributed by atoms with van der Waals surface area (Å²) in [5.74, 6) is 1.30. The molecule has 0 aliphatic rings. The highest BCUT2D eigenvalue weighted by atomic mass is 79.9. The van der Waals surface area contributed by atoms with Crippen LogP contribution in [0, 0.1) is 11.8 Å². The number of rotatable bonds is 6. The zero-order chi connectivity index (χ0) is 12.8. The Morgan fingerprint density at radius 2 is 1.94 bits per heavy atom. The minimum Gasteiger partial charge on any atom is -0.387 e. The molecule has 1 rings (SSSR count). The fraction of sp³-hybridized carbons (Fsp3) is 0.571. The van der Waals surface area contributed by atoms with E-state index in [0.717, 1.165) is 16.6 Å². The quantitative estimate of drug-likeness (QED) is 0.844. The predicted octanol–water partition coefficient (Wildman–Crippen LogP) is 3.36. The van der Waals surface area contributed by atoms with Crippen LogP contribution in [0.1, 0.15) is 32.4 Å². The molecule has 2 atom stereocenters. The molecule has 96 valence electrons. The van der Waals surface area contributed by atoms with E-state index in [4.69, 9.17) is 0 Å². The molecule has 0 saturated carbocycles. The van der Waals surface area contributed by atoms with Gasteiger partial charge in [-0.3, -0.25) is 0 Å². The minimum atomic E-state index is -0.438. The van der Waals surface area contributed by atoms with Gasteiger partial charge >= 0.3 is 0 Å². The maximum absolute atomic E-state index is 10.0. The van der Waals surface area contributed by atoms with E-state index >= 15 is 0 Å². The predicted molar refractivity (Wildman–Crippen MR) is 76.0 cm³/mol. The molecular formula is C14H22BrNO. The summed E-state index contributed by atoms with van der Waals surface area (Å²) in [6, 6.07) is 7.81. The van der Waals surface area contributed by atoms with E-state index in [1.807, 2.05) is 24.3 Å². The first-order chi connectivity index (χ1) is 8.00. The highest BCUT2D eigenvalue weighted by Gasteiger charge is 2.10. The molecule has 0 aromatic heterocycles. The molecule has 1 aromatic carbocycles. The Morgan fingerprint density at radius 3 is 2.53 bits per heavy atom. The van der Waals surface area contributed by atoms with Gasteiger partial charge in [0.05, 0.1) is 6.10 Å². The van der Waals surface area contributed by atoms with Gasteiger partial charge in [0.15, 0.2) is 0 Å². The van der Waals surface area contributed by atoms with Gasteiger partial charge < -0.3 is 10.4 Å². The van der Waals surface area contributed by atoms with E-state index in [1.165, 1.54) is 0 Å². The van der Waals surface area contributed by atoms with Gasteiger partial charge in [0.25, 0.3) is 0 Å². The van der Waals surface area contributed by atoms with Gasteiger partial charge in [-0.25, -0.2) is 0 Å². The minimum absolute atomic E-state index is 0.438. The van der Waals surface area contributed by atoms with Crippen molar-refractivity contribution in [1.29, 1.82) is 0 Å². The lowest BCUT2D eigenvalue weighted by molar-refractivity contribution is 0.171. The van der Waals surface area contributed by atoms with Crippen molar-refractivity contribution in [2.75, 3.05) is 13.1 Å². The van der Waals surface area contributed by atoms with E-state index in [9.17, 15) is 5.11 Å². The summed E-state index contributed by atoms with van der Waals surface area (Å²) in [6.07, 6.45) is -0.438. The molecule has 0 aliphatic heterocycles. The van der Waals surface area contributed by atoms with Crippen LogP contribution in [0.5, 0.6) is 0 Å². The smallest absolute Gasteiger partial charge is 0.0914 e. The van der Waals surface area contributed by atoms with Crippen molar-refractivity contribution < 1.29 is 5.11 Å². The van der Waals surface area contributed by atoms with E-state index in [-0.39, 0.29) is 0 Å². The molecule has 0 spiro atoms. The molecule has 2 nitrogen and oxygen atoms in total. The number of aliphatic hydroxyl groups is 1. The van der Waals surface area contributed by atoms with Crippen LogP contribution in [0.25, 0.3) is 0 Å². The van der Waals surface area contributed by atoms with Gasteiger partial charge in [0.1, 0.15) is 0 Å². The normalized spacial score (nSPS) is 14.9. The van der Waals surface area contributed by atoms with Crippen LogP contribution in [-0.2, 0) is 0 Å². The number of hydrogen-bond donors (Lipinski definition) is 2. The summed E-state index contributed by atoms with van der Waals surface area (Å²) in [4.78, 5) is 0. The van der Waals surface area contributed by atoms with Gasteiger partial charge in [0, 0.05) is 11.0 Å². The fourth-order valence-corrected chi connectivity index (χ4v) is 1.93. The highest BCUT2D eigenvalue weighted by molar-refractivity contribution is 9.10. The first kappa shape index (κ1) is 14.7. The monoisotopic (exact) mass is 299 g/mol. The molecule has 3 heteroatoms. The van der Waals surface area contributed by atoms with Crippen molar-refractivity contribution in [3.8, 4) is 0 Å². The lowest BCUT2D eigenvalue weighted by Gasteiger charge is -2.18. The molecule has 0 fully saturated rings. The molecule has 0 amide bonds. The Kier molecular flexibility index (Phi) is 6.17. The third kappa shape index (κ3) is 5.19. The number of hydrogen-bond acceptors (Lipinski definition) is 2. The highest BCUT2D eigenvalue weighted by Crippen LogP contribution is 2.17. The van der Waals surface area contributed by atoms with Crippen molar-refractivity contribution in [3.63, 3.8) is 0 Å². The third-order valence-corrected chi connectivity index (χ3v) is 3.67. The zero-order valence-electron chi connectivity index (χ0n) is 10.8. The molecule has 2 unspecified atom stereocenters. The Hall–Kier alpha value is -0.380. The Labute approximate surface area is 113 Å². The number of aliphatic hydroxyl groups excluding tert-OH is 1. The summed E-state index contributed by atoms with van der Waals surface area (Å²) >= 11 is 3.41. The molecule has 0 bridgehead atoms. The van der Waals surface area contributed by atoms with Crippen LogP contribution in [0.4, 0.5) is 0 Å². The van der Waals surface area contributed by atoms with Gasteiger partial charge in [0.2, 0.25) is 0 Å². The maximum Gasteiger partial charge on any atom is 0.0914 e. The molecular weight excluding hydrogens is 278 g/mol. The Morgan fingerprint density at radius 1 is 1.24 bits per heavy atom. The van der Waals surface area contributed by atoms with Crippen LogP contribution < -0.4 is 5.32 Å². The van der Waals surface area contributed by atoms with Gasteiger partial charge in [-0.1, -0.05) is 48.8 Å². The number of nitrogens with one attached hydrogen (secondary N) is 1. The molecule has 0 radical (unpaired) electrons. The molecule has 17 heavy (non-hydrogen) atoms. The lowest BCUT2D eigenvalue weighted by Crippen LogP contribution is -2.28. The van der Waals surface area contributed by atoms with Crippen LogP contribution in [-0.4, -0.2) is 18.2 Å². The van der Waals surface area contributed by atoms with Gasteiger partial charge in [-0.15, -0.1) is 0 Å². The molecule has 0 aliphatic carbocycles. The van der Waals surface area contributed by atoms with E-state index < -0.39 is 6.10 Å². The van der Waals surface area contributed by atoms with E-state index in [0.29, 0.717) is 18.4 Å². The Balaban J connectivity index is 2.37. The van der Waals surface area contributed by atoms with Crippen molar-refractivity contribution in [3.05, 3.63) is 34.3 Å². The van der Waals surface area contributed by atoms with E-state index in [1.54, 1.807) is 0 Å². The van der Waals surface area contributed by atoms with Crippen LogP contribution in [0.15, 0.2) is 28.7 Å². The topological polar surface area (TPSA) is 32.3 Å². The SMILES string of the molecule is CC(C)C(C)CNCC(O)c1cccc(Br)c1. The molecule has 1 aromatic rings. The Bertz CT molecular complexity index is 341. The summed E-state index contributed by atoms with van der Waals surface area (Å²) in [5.41, 5.74) is 0.948.